The smallest absolute Gasteiger partial charge is 0.201 e. The number of carbonyl (C=O) groups excluding carboxylic acids is 1. The van der Waals surface area contributed by atoms with E-state index in [1.54, 1.807) is 6.92 Å². The number of aryl methyl sites for hydroxylation is 1. The summed E-state index contributed by atoms with van der Waals surface area (Å²) in [6, 6.07) is 0. The molecule has 3 heteroatoms. The standard InChI is InChI=1S/C9H11NO2/c1-6-7(5-11)12-8(10-6)9(2)3-4-9/h5H,3-4H2,1-2H3. The summed E-state index contributed by atoms with van der Waals surface area (Å²) < 4.78 is 5.31. The minimum Gasteiger partial charge on any atom is -0.437 e. The molecule has 0 radical (unpaired) electrons. The van der Waals surface area contributed by atoms with Gasteiger partial charge < -0.3 is 4.42 Å². The fraction of sp³-hybridized carbons (Fsp3) is 0.556. The second kappa shape index (κ2) is 2.19. The van der Waals surface area contributed by atoms with Gasteiger partial charge in [0.15, 0.2) is 12.0 Å². The summed E-state index contributed by atoms with van der Waals surface area (Å²) in [5, 5.41) is 0. The molecule has 64 valence electrons. The van der Waals surface area contributed by atoms with Crippen LogP contribution in [0.25, 0.3) is 0 Å². The number of oxazole rings is 1. The van der Waals surface area contributed by atoms with Crippen LogP contribution in [0.2, 0.25) is 0 Å². The molecule has 1 aromatic heterocycles. The Morgan fingerprint density at radius 2 is 2.25 bits per heavy atom. The number of aromatic nitrogens is 1. The van der Waals surface area contributed by atoms with Crippen molar-refractivity contribution in [1.29, 1.82) is 0 Å². The van der Waals surface area contributed by atoms with Gasteiger partial charge in [-0.15, -0.1) is 0 Å². The molecule has 12 heavy (non-hydrogen) atoms. The summed E-state index contributed by atoms with van der Waals surface area (Å²) in [7, 11) is 0. The molecular formula is C9H11NO2. The average molecular weight is 165 g/mol. The lowest BCUT2D eigenvalue weighted by Crippen LogP contribution is -1.99. The third-order valence-corrected chi connectivity index (χ3v) is 2.46. The number of rotatable bonds is 2. The van der Waals surface area contributed by atoms with Gasteiger partial charge in [-0.05, 0) is 19.8 Å². The monoisotopic (exact) mass is 165 g/mol. The van der Waals surface area contributed by atoms with Crippen LogP contribution in [0.5, 0.6) is 0 Å². The summed E-state index contributed by atoms with van der Waals surface area (Å²) in [6.45, 7) is 3.90. The van der Waals surface area contributed by atoms with E-state index in [9.17, 15) is 4.79 Å². The fourth-order valence-electron chi connectivity index (χ4n) is 1.18. The third kappa shape index (κ3) is 0.967. The summed E-state index contributed by atoms with van der Waals surface area (Å²) >= 11 is 0. The van der Waals surface area contributed by atoms with E-state index in [1.165, 1.54) is 0 Å². The van der Waals surface area contributed by atoms with E-state index in [0.717, 1.165) is 25.0 Å². The highest BCUT2D eigenvalue weighted by Crippen LogP contribution is 2.47. The second-order valence-corrected chi connectivity index (χ2v) is 3.65. The number of hydrogen-bond acceptors (Lipinski definition) is 3. The molecule has 1 aromatic rings. The molecule has 0 amide bonds. The van der Waals surface area contributed by atoms with Gasteiger partial charge in [-0.25, -0.2) is 4.98 Å². The maximum atomic E-state index is 10.5. The fourth-order valence-corrected chi connectivity index (χ4v) is 1.18. The lowest BCUT2D eigenvalue weighted by Gasteiger charge is -1.98. The summed E-state index contributed by atoms with van der Waals surface area (Å²) in [5.74, 6) is 1.10. The maximum Gasteiger partial charge on any atom is 0.201 e. The molecule has 0 bridgehead atoms. The molecule has 0 aliphatic heterocycles. The van der Waals surface area contributed by atoms with Gasteiger partial charge in [-0.3, -0.25) is 4.79 Å². The highest BCUT2D eigenvalue weighted by molar-refractivity contribution is 5.71. The van der Waals surface area contributed by atoms with E-state index >= 15 is 0 Å². The molecule has 0 unspecified atom stereocenters. The molecular weight excluding hydrogens is 154 g/mol. The van der Waals surface area contributed by atoms with Crippen molar-refractivity contribution in [2.75, 3.05) is 0 Å². The first-order valence-electron chi connectivity index (χ1n) is 4.09. The van der Waals surface area contributed by atoms with Crippen molar-refractivity contribution in [3.8, 4) is 0 Å². The molecule has 3 nitrogen and oxygen atoms in total. The van der Waals surface area contributed by atoms with Crippen molar-refractivity contribution < 1.29 is 9.21 Å². The lowest BCUT2D eigenvalue weighted by molar-refractivity contribution is 0.109. The molecule has 1 aliphatic carbocycles. The number of carbonyl (C=O) groups is 1. The van der Waals surface area contributed by atoms with Crippen LogP contribution in [-0.2, 0) is 5.41 Å². The van der Waals surface area contributed by atoms with E-state index in [0.29, 0.717) is 11.5 Å². The Hall–Kier alpha value is -1.12. The van der Waals surface area contributed by atoms with Gasteiger partial charge in [0, 0.05) is 5.41 Å². The normalized spacial score (nSPS) is 19.2. The van der Waals surface area contributed by atoms with Crippen molar-refractivity contribution >= 4 is 6.29 Å². The van der Waals surface area contributed by atoms with E-state index < -0.39 is 0 Å². The maximum absolute atomic E-state index is 10.5. The average Bonchev–Trinajstić information content (AvgIpc) is 2.65. The zero-order chi connectivity index (χ0) is 8.77. The Balaban J connectivity index is 2.40. The molecule has 1 heterocycles. The van der Waals surface area contributed by atoms with Crippen LogP contribution < -0.4 is 0 Å². The van der Waals surface area contributed by atoms with Crippen molar-refractivity contribution in [3.63, 3.8) is 0 Å². The van der Waals surface area contributed by atoms with Gasteiger partial charge in [0.25, 0.3) is 0 Å². The zero-order valence-corrected chi connectivity index (χ0v) is 7.26. The Bertz CT molecular complexity index is 323. The Kier molecular flexibility index (Phi) is 1.37. The van der Waals surface area contributed by atoms with Gasteiger partial charge >= 0.3 is 0 Å². The first-order valence-corrected chi connectivity index (χ1v) is 4.09. The molecule has 1 saturated carbocycles. The van der Waals surface area contributed by atoms with Gasteiger partial charge in [-0.2, -0.15) is 0 Å². The molecule has 0 N–H and O–H groups in total. The summed E-state index contributed by atoms with van der Waals surface area (Å²) in [6.07, 6.45) is 2.95. The Morgan fingerprint density at radius 1 is 1.58 bits per heavy atom. The first-order chi connectivity index (χ1) is 5.65. The lowest BCUT2D eigenvalue weighted by atomic mass is 10.1. The largest absolute Gasteiger partial charge is 0.437 e. The van der Waals surface area contributed by atoms with Crippen LogP contribution in [0.1, 0.15) is 41.9 Å². The van der Waals surface area contributed by atoms with Crippen molar-refractivity contribution in [1.82, 2.24) is 4.98 Å². The van der Waals surface area contributed by atoms with E-state index in [1.807, 2.05) is 0 Å². The number of aldehydes is 1. The van der Waals surface area contributed by atoms with Crippen LogP contribution in [0, 0.1) is 6.92 Å². The predicted molar refractivity (Wildman–Crippen MR) is 43.2 cm³/mol. The SMILES string of the molecule is Cc1nc(C2(C)CC2)oc1C=O. The summed E-state index contributed by atoms with van der Waals surface area (Å²) in [4.78, 5) is 14.7. The van der Waals surface area contributed by atoms with Crippen molar-refractivity contribution in [3.05, 3.63) is 17.3 Å². The van der Waals surface area contributed by atoms with Crippen molar-refractivity contribution in [2.45, 2.75) is 32.1 Å². The number of nitrogens with zero attached hydrogens (tertiary/aromatic N) is 1. The minimum absolute atomic E-state index is 0.117. The second-order valence-electron chi connectivity index (χ2n) is 3.65. The first kappa shape index (κ1) is 7.53. The third-order valence-electron chi connectivity index (χ3n) is 2.46. The number of hydrogen-bond donors (Lipinski definition) is 0. The van der Waals surface area contributed by atoms with Crippen LogP contribution in [0.3, 0.4) is 0 Å². The molecule has 0 atom stereocenters. The highest BCUT2D eigenvalue weighted by atomic mass is 16.4. The topological polar surface area (TPSA) is 43.1 Å². The Morgan fingerprint density at radius 3 is 2.67 bits per heavy atom. The van der Waals surface area contributed by atoms with Gasteiger partial charge in [0.1, 0.15) is 0 Å². The van der Waals surface area contributed by atoms with Gasteiger partial charge in [0.05, 0.1) is 5.69 Å². The van der Waals surface area contributed by atoms with Crippen LogP contribution in [0.15, 0.2) is 4.42 Å². The highest BCUT2D eigenvalue weighted by Gasteiger charge is 2.44. The minimum atomic E-state index is 0.117. The van der Waals surface area contributed by atoms with Gasteiger partial charge in [-0.1, -0.05) is 6.92 Å². The van der Waals surface area contributed by atoms with Crippen LogP contribution >= 0.6 is 0 Å². The zero-order valence-electron chi connectivity index (χ0n) is 7.26. The quantitative estimate of drug-likeness (QED) is 0.628. The van der Waals surface area contributed by atoms with Crippen LogP contribution in [0.4, 0.5) is 0 Å². The predicted octanol–water partition coefficient (Wildman–Crippen LogP) is 1.85. The summed E-state index contributed by atoms with van der Waals surface area (Å²) in [5.41, 5.74) is 0.819. The Labute approximate surface area is 70.8 Å². The molecule has 0 spiro atoms. The van der Waals surface area contributed by atoms with E-state index in [2.05, 4.69) is 11.9 Å². The van der Waals surface area contributed by atoms with E-state index in [-0.39, 0.29) is 5.41 Å². The molecule has 1 aliphatic rings. The molecule has 1 fully saturated rings. The van der Waals surface area contributed by atoms with Crippen LogP contribution in [-0.4, -0.2) is 11.3 Å². The molecule has 0 saturated heterocycles. The van der Waals surface area contributed by atoms with E-state index in [4.69, 9.17) is 4.42 Å². The van der Waals surface area contributed by atoms with Crippen molar-refractivity contribution in [2.24, 2.45) is 0 Å². The molecule has 2 rings (SSSR count). The van der Waals surface area contributed by atoms with Gasteiger partial charge in [0.2, 0.25) is 5.89 Å². The molecule has 0 aromatic carbocycles.